The number of hydrogen-bond donors (Lipinski definition) is 1. The Morgan fingerprint density at radius 2 is 1.69 bits per heavy atom. The van der Waals surface area contributed by atoms with Gasteiger partial charge in [-0.05, 0) is 24.6 Å². The Morgan fingerprint density at radius 3 is 2.17 bits per heavy atom. The van der Waals surface area contributed by atoms with Gasteiger partial charge in [0, 0.05) is 53.9 Å². The smallest absolute Gasteiger partial charge is 0.409 e. The molecule has 1 aromatic rings. The van der Waals surface area contributed by atoms with Gasteiger partial charge in [-0.15, -0.1) is 24.0 Å². The third-order valence-electron chi connectivity index (χ3n) is 4.47. The zero-order valence-electron chi connectivity index (χ0n) is 17.3. The Balaban J connectivity index is 0.00000420. The minimum Gasteiger partial charge on any atom is -0.450 e. The summed E-state index contributed by atoms with van der Waals surface area (Å²) in [5, 5.41) is 3.29. The SMILES string of the molecule is CCOC(=O)N1CCN(C(=NC)NCc2ccc(S(=O)(=O)N(C)C)cc2)CC1.I. The van der Waals surface area contributed by atoms with E-state index in [9.17, 15) is 13.2 Å². The maximum absolute atomic E-state index is 12.1. The topological polar surface area (TPSA) is 94.5 Å². The van der Waals surface area contributed by atoms with E-state index in [-0.39, 0.29) is 35.0 Å². The number of carbonyl (C=O) groups is 1. The van der Waals surface area contributed by atoms with E-state index in [1.54, 1.807) is 43.1 Å². The van der Waals surface area contributed by atoms with Gasteiger partial charge in [0.25, 0.3) is 0 Å². The number of nitrogens with zero attached hydrogens (tertiary/aromatic N) is 4. The molecule has 1 fully saturated rings. The number of ether oxygens (including phenoxy) is 1. The van der Waals surface area contributed by atoms with Crippen molar-refractivity contribution >= 4 is 46.1 Å². The van der Waals surface area contributed by atoms with Crippen LogP contribution in [-0.4, -0.2) is 88.5 Å². The summed E-state index contributed by atoms with van der Waals surface area (Å²) in [6.45, 7) is 5.18. The molecule has 0 spiro atoms. The van der Waals surface area contributed by atoms with Gasteiger partial charge in [-0.3, -0.25) is 4.99 Å². The third-order valence-corrected chi connectivity index (χ3v) is 6.30. The lowest BCUT2D eigenvalue weighted by Gasteiger charge is -2.35. The van der Waals surface area contributed by atoms with E-state index in [1.165, 1.54) is 18.4 Å². The molecule has 1 N–H and O–H groups in total. The summed E-state index contributed by atoms with van der Waals surface area (Å²) < 4.78 is 30.5. The number of halogens is 1. The van der Waals surface area contributed by atoms with Gasteiger partial charge in [-0.2, -0.15) is 0 Å². The van der Waals surface area contributed by atoms with Crippen LogP contribution in [0, 0.1) is 0 Å². The molecule has 2 rings (SSSR count). The van der Waals surface area contributed by atoms with E-state index >= 15 is 0 Å². The van der Waals surface area contributed by atoms with Crippen molar-refractivity contribution in [2.24, 2.45) is 4.99 Å². The van der Waals surface area contributed by atoms with Crippen LogP contribution in [0.15, 0.2) is 34.2 Å². The number of sulfonamides is 1. The van der Waals surface area contributed by atoms with E-state index in [1.807, 2.05) is 0 Å². The van der Waals surface area contributed by atoms with Gasteiger partial charge in [0.15, 0.2) is 5.96 Å². The summed E-state index contributed by atoms with van der Waals surface area (Å²) in [5.41, 5.74) is 0.948. The van der Waals surface area contributed by atoms with Gasteiger partial charge in [-0.25, -0.2) is 17.5 Å². The first-order valence-electron chi connectivity index (χ1n) is 9.18. The fraction of sp³-hybridized carbons (Fsp3) is 0.556. The lowest BCUT2D eigenvalue weighted by Crippen LogP contribution is -2.53. The number of piperazine rings is 1. The van der Waals surface area contributed by atoms with Crippen LogP contribution in [0.3, 0.4) is 0 Å². The van der Waals surface area contributed by atoms with Gasteiger partial charge in [-0.1, -0.05) is 12.1 Å². The summed E-state index contributed by atoms with van der Waals surface area (Å²) in [5.74, 6) is 0.744. The van der Waals surface area contributed by atoms with Crippen molar-refractivity contribution in [2.45, 2.75) is 18.4 Å². The molecule has 1 aliphatic rings. The van der Waals surface area contributed by atoms with Crippen molar-refractivity contribution in [1.82, 2.24) is 19.4 Å². The van der Waals surface area contributed by atoms with Crippen molar-refractivity contribution < 1.29 is 17.9 Å². The molecule has 1 aliphatic heterocycles. The Morgan fingerprint density at radius 1 is 1.14 bits per heavy atom. The quantitative estimate of drug-likeness (QED) is 0.346. The molecule has 1 heterocycles. The van der Waals surface area contributed by atoms with Gasteiger partial charge < -0.3 is 19.9 Å². The number of guanidine groups is 1. The fourth-order valence-electron chi connectivity index (χ4n) is 2.82. The monoisotopic (exact) mass is 539 g/mol. The number of hydrogen-bond acceptors (Lipinski definition) is 5. The first-order chi connectivity index (χ1) is 13.3. The Kier molecular flexibility index (Phi) is 10.1. The van der Waals surface area contributed by atoms with Crippen LogP contribution in [0.5, 0.6) is 0 Å². The van der Waals surface area contributed by atoms with Crippen LogP contribution in [0.25, 0.3) is 0 Å². The van der Waals surface area contributed by atoms with E-state index in [2.05, 4.69) is 15.2 Å². The molecule has 0 bridgehead atoms. The number of aliphatic imine (C=N–C) groups is 1. The highest BCUT2D eigenvalue weighted by Crippen LogP contribution is 2.14. The standard InChI is InChI=1S/C18H29N5O4S.HI/c1-5-27-18(24)23-12-10-22(11-13-23)17(19-2)20-14-15-6-8-16(9-7-15)28(25,26)21(3)4;/h6-9H,5,10-14H2,1-4H3,(H,19,20);1H. The highest BCUT2D eigenvalue weighted by atomic mass is 127. The lowest BCUT2D eigenvalue weighted by molar-refractivity contribution is 0.0914. The molecule has 0 radical (unpaired) electrons. The minimum absolute atomic E-state index is 0. The molecule has 0 aliphatic carbocycles. The van der Waals surface area contributed by atoms with Crippen LogP contribution in [0.2, 0.25) is 0 Å². The molecule has 0 unspecified atom stereocenters. The molecule has 11 heteroatoms. The van der Waals surface area contributed by atoms with Crippen LogP contribution >= 0.6 is 24.0 Å². The molecular weight excluding hydrogens is 509 g/mol. The largest absolute Gasteiger partial charge is 0.450 e. The second-order valence-corrected chi connectivity index (χ2v) is 8.66. The zero-order valence-corrected chi connectivity index (χ0v) is 20.4. The first-order valence-corrected chi connectivity index (χ1v) is 10.6. The second-order valence-electron chi connectivity index (χ2n) is 6.51. The van der Waals surface area contributed by atoms with Crippen molar-refractivity contribution in [3.05, 3.63) is 29.8 Å². The average molecular weight is 539 g/mol. The molecule has 1 aromatic carbocycles. The van der Waals surface area contributed by atoms with Crippen molar-refractivity contribution in [2.75, 3.05) is 53.9 Å². The van der Waals surface area contributed by atoms with Crippen molar-refractivity contribution in [3.8, 4) is 0 Å². The molecule has 9 nitrogen and oxygen atoms in total. The lowest BCUT2D eigenvalue weighted by atomic mass is 10.2. The maximum Gasteiger partial charge on any atom is 0.409 e. The predicted molar refractivity (Wildman–Crippen MR) is 123 cm³/mol. The summed E-state index contributed by atoms with van der Waals surface area (Å²) in [7, 11) is 1.31. The molecule has 1 amide bonds. The number of rotatable bonds is 5. The number of nitrogens with one attached hydrogen (secondary N) is 1. The zero-order chi connectivity index (χ0) is 20.7. The highest BCUT2D eigenvalue weighted by Gasteiger charge is 2.23. The van der Waals surface area contributed by atoms with Gasteiger partial charge in [0.2, 0.25) is 10.0 Å². The molecule has 164 valence electrons. The van der Waals surface area contributed by atoms with Crippen LogP contribution in [0.1, 0.15) is 12.5 Å². The van der Waals surface area contributed by atoms with Crippen LogP contribution < -0.4 is 5.32 Å². The predicted octanol–water partition coefficient (Wildman–Crippen LogP) is 1.40. The maximum atomic E-state index is 12.1. The van der Waals surface area contributed by atoms with Gasteiger partial charge in [0.05, 0.1) is 11.5 Å². The second kappa shape index (κ2) is 11.6. The average Bonchev–Trinajstić information content (AvgIpc) is 2.69. The van der Waals surface area contributed by atoms with E-state index in [4.69, 9.17) is 4.74 Å². The molecule has 0 aromatic heterocycles. The van der Waals surface area contributed by atoms with E-state index < -0.39 is 10.0 Å². The number of carbonyl (C=O) groups excluding carboxylic acids is 1. The normalized spacial score (nSPS) is 15.1. The molecular formula is C18H30IN5O4S. The summed E-state index contributed by atoms with van der Waals surface area (Å²) in [6, 6.07) is 6.78. The highest BCUT2D eigenvalue weighted by molar-refractivity contribution is 14.0. The molecule has 1 saturated heterocycles. The third kappa shape index (κ3) is 6.71. The van der Waals surface area contributed by atoms with E-state index in [0.29, 0.717) is 39.3 Å². The summed E-state index contributed by atoms with van der Waals surface area (Å²) in [4.78, 5) is 20.1. The van der Waals surface area contributed by atoms with Crippen LogP contribution in [0.4, 0.5) is 4.79 Å². The summed E-state index contributed by atoms with van der Waals surface area (Å²) in [6.07, 6.45) is -0.280. The number of benzene rings is 1. The Hall–Kier alpha value is -1.60. The molecule has 0 atom stereocenters. The fourth-order valence-corrected chi connectivity index (χ4v) is 3.72. The minimum atomic E-state index is -3.42. The Bertz CT molecular complexity index is 791. The molecule has 0 saturated carbocycles. The van der Waals surface area contributed by atoms with Gasteiger partial charge >= 0.3 is 6.09 Å². The van der Waals surface area contributed by atoms with Crippen molar-refractivity contribution in [3.63, 3.8) is 0 Å². The van der Waals surface area contributed by atoms with Crippen molar-refractivity contribution in [1.29, 1.82) is 0 Å². The number of amides is 1. The van der Waals surface area contributed by atoms with Gasteiger partial charge in [0.1, 0.15) is 0 Å². The summed E-state index contributed by atoms with van der Waals surface area (Å²) >= 11 is 0. The Labute approximate surface area is 190 Å². The van der Waals surface area contributed by atoms with Crippen LogP contribution in [-0.2, 0) is 21.3 Å². The first kappa shape index (κ1) is 25.4. The molecule has 29 heavy (non-hydrogen) atoms. The van der Waals surface area contributed by atoms with E-state index in [0.717, 1.165) is 11.5 Å².